The van der Waals surface area contributed by atoms with Crippen LogP contribution in [-0.2, 0) is 4.74 Å². The molecule has 142 valence electrons. The molecule has 1 saturated heterocycles. The number of nitrogens with zero attached hydrogens (tertiary/aromatic N) is 4. The summed E-state index contributed by atoms with van der Waals surface area (Å²) < 4.78 is 4.99. The van der Waals surface area contributed by atoms with Gasteiger partial charge < -0.3 is 19.9 Å². The molecule has 1 fully saturated rings. The maximum Gasteiger partial charge on any atom is 0.409 e. The van der Waals surface area contributed by atoms with Crippen molar-refractivity contribution >= 4 is 35.2 Å². The average molecular weight is 390 g/mol. The summed E-state index contributed by atoms with van der Waals surface area (Å²) in [7, 11) is 0. The van der Waals surface area contributed by atoms with Crippen molar-refractivity contribution < 1.29 is 14.3 Å². The molecule has 1 aliphatic rings. The lowest BCUT2D eigenvalue weighted by atomic mass is 10.3. The van der Waals surface area contributed by atoms with Crippen LogP contribution in [0.1, 0.15) is 17.4 Å². The Bertz CT molecular complexity index is 824. The molecule has 0 spiro atoms. The molecule has 0 saturated carbocycles. The summed E-state index contributed by atoms with van der Waals surface area (Å²) in [4.78, 5) is 36.2. The summed E-state index contributed by atoms with van der Waals surface area (Å²) in [6, 6.07) is 8.72. The number of carbonyl (C=O) groups excluding carboxylic acids is 2. The third-order valence-electron chi connectivity index (χ3n) is 4.05. The van der Waals surface area contributed by atoms with Gasteiger partial charge in [-0.1, -0.05) is 17.7 Å². The molecule has 2 aromatic rings. The second-order valence-corrected chi connectivity index (χ2v) is 6.32. The highest BCUT2D eigenvalue weighted by atomic mass is 35.5. The number of halogens is 1. The molecule has 0 bridgehead atoms. The molecule has 1 aliphatic heterocycles. The number of ether oxygens (including phenoxy) is 1. The van der Waals surface area contributed by atoms with Gasteiger partial charge in [0, 0.05) is 43.1 Å². The summed E-state index contributed by atoms with van der Waals surface area (Å²) in [5.41, 5.74) is 1.02. The van der Waals surface area contributed by atoms with Gasteiger partial charge in [-0.3, -0.25) is 4.79 Å². The van der Waals surface area contributed by atoms with Gasteiger partial charge >= 0.3 is 6.09 Å². The lowest BCUT2D eigenvalue weighted by Crippen LogP contribution is -2.50. The predicted molar refractivity (Wildman–Crippen MR) is 101 cm³/mol. The molecule has 1 aromatic carbocycles. The molecule has 1 aromatic heterocycles. The number of aromatic nitrogens is 2. The fraction of sp³-hybridized carbons (Fsp3) is 0.333. The van der Waals surface area contributed by atoms with Gasteiger partial charge in [0.05, 0.1) is 6.61 Å². The fourth-order valence-corrected chi connectivity index (χ4v) is 2.89. The van der Waals surface area contributed by atoms with Crippen LogP contribution in [0.2, 0.25) is 5.02 Å². The van der Waals surface area contributed by atoms with Crippen molar-refractivity contribution in [3.63, 3.8) is 0 Å². The third kappa shape index (κ3) is 4.85. The number of anilines is 2. The highest BCUT2D eigenvalue weighted by Crippen LogP contribution is 2.18. The van der Waals surface area contributed by atoms with Crippen LogP contribution in [0.25, 0.3) is 0 Å². The smallest absolute Gasteiger partial charge is 0.409 e. The van der Waals surface area contributed by atoms with Crippen LogP contribution in [-0.4, -0.2) is 64.6 Å². The molecule has 1 N–H and O–H groups in total. The summed E-state index contributed by atoms with van der Waals surface area (Å²) in [6.45, 7) is 3.83. The van der Waals surface area contributed by atoms with Crippen LogP contribution in [0, 0.1) is 0 Å². The second-order valence-electron chi connectivity index (χ2n) is 5.88. The Balaban J connectivity index is 1.63. The van der Waals surface area contributed by atoms with Crippen molar-refractivity contribution in [1.29, 1.82) is 0 Å². The highest BCUT2D eigenvalue weighted by Gasteiger charge is 2.26. The average Bonchev–Trinajstić information content (AvgIpc) is 2.68. The van der Waals surface area contributed by atoms with Gasteiger partial charge in [0.2, 0.25) is 5.95 Å². The van der Waals surface area contributed by atoms with E-state index in [1.165, 1.54) is 6.20 Å². The standard InChI is InChI=1S/C18H20ClN5O3/c1-2-27-18(26)24-10-8-23(9-11-24)16(25)15-6-7-20-17(22-15)21-14-5-3-4-13(19)12-14/h3-7,12H,2,8-11H2,1H3,(H,20,21,22). The van der Waals surface area contributed by atoms with Gasteiger partial charge in [0.1, 0.15) is 5.69 Å². The van der Waals surface area contributed by atoms with E-state index in [1.54, 1.807) is 34.9 Å². The molecular weight excluding hydrogens is 370 g/mol. The van der Waals surface area contributed by atoms with Crippen molar-refractivity contribution in [2.75, 3.05) is 38.1 Å². The van der Waals surface area contributed by atoms with E-state index in [9.17, 15) is 9.59 Å². The largest absolute Gasteiger partial charge is 0.450 e. The first-order valence-electron chi connectivity index (χ1n) is 8.63. The molecule has 9 heteroatoms. The SMILES string of the molecule is CCOC(=O)N1CCN(C(=O)c2ccnc(Nc3cccc(Cl)c3)n2)CC1. The van der Waals surface area contributed by atoms with Crippen molar-refractivity contribution in [2.24, 2.45) is 0 Å². The molecule has 2 heterocycles. The van der Waals surface area contributed by atoms with E-state index in [1.807, 2.05) is 12.1 Å². The van der Waals surface area contributed by atoms with Gasteiger partial charge in [-0.05, 0) is 31.2 Å². The van der Waals surface area contributed by atoms with Crippen molar-refractivity contribution in [1.82, 2.24) is 19.8 Å². The summed E-state index contributed by atoms with van der Waals surface area (Å²) in [5, 5.41) is 3.62. The van der Waals surface area contributed by atoms with Crippen LogP contribution < -0.4 is 5.32 Å². The minimum atomic E-state index is -0.348. The Morgan fingerprint density at radius 1 is 1.19 bits per heavy atom. The second kappa shape index (κ2) is 8.68. The third-order valence-corrected chi connectivity index (χ3v) is 4.28. The summed E-state index contributed by atoms with van der Waals surface area (Å²) >= 11 is 5.97. The minimum Gasteiger partial charge on any atom is -0.450 e. The topological polar surface area (TPSA) is 87.7 Å². The van der Waals surface area contributed by atoms with E-state index >= 15 is 0 Å². The summed E-state index contributed by atoms with van der Waals surface area (Å²) in [6.07, 6.45) is 1.18. The minimum absolute atomic E-state index is 0.199. The van der Waals surface area contributed by atoms with Crippen LogP contribution >= 0.6 is 11.6 Å². The Labute approximate surface area is 162 Å². The monoisotopic (exact) mass is 389 g/mol. The van der Waals surface area contributed by atoms with E-state index < -0.39 is 0 Å². The number of rotatable bonds is 4. The quantitative estimate of drug-likeness (QED) is 0.865. The Kier molecular flexibility index (Phi) is 6.08. The van der Waals surface area contributed by atoms with Crippen LogP contribution in [0.5, 0.6) is 0 Å². The fourth-order valence-electron chi connectivity index (χ4n) is 2.70. The van der Waals surface area contributed by atoms with Gasteiger partial charge in [-0.25, -0.2) is 14.8 Å². The van der Waals surface area contributed by atoms with Crippen molar-refractivity contribution in [2.45, 2.75) is 6.92 Å². The first kappa shape index (κ1) is 18.9. The van der Waals surface area contributed by atoms with E-state index in [4.69, 9.17) is 16.3 Å². The Morgan fingerprint density at radius 3 is 2.63 bits per heavy atom. The lowest BCUT2D eigenvalue weighted by Gasteiger charge is -2.33. The predicted octanol–water partition coefficient (Wildman–Crippen LogP) is 2.79. The maximum absolute atomic E-state index is 12.7. The van der Waals surface area contributed by atoms with E-state index in [0.717, 1.165) is 5.69 Å². The van der Waals surface area contributed by atoms with Crippen molar-refractivity contribution in [3.05, 3.63) is 47.2 Å². The zero-order chi connectivity index (χ0) is 19.2. The van der Waals surface area contributed by atoms with Crippen LogP contribution in [0.4, 0.5) is 16.4 Å². The van der Waals surface area contributed by atoms with Gasteiger partial charge in [0.25, 0.3) is 5.91 Å². The zero-order valence-electron chi connectivity index (χ0n) is 14.9. The molecule has 3 rings (SSSR count). The Morgan fingerprint density at radius 2 is 1.93 bits per heavy atom. The van der Waals surface area contributed by atoms with Gasteiger partial charge in [0.15, 0.2) is 0 Å². The van der Waals surface area contributed by atoms with Crippen molar-refractivity contribution in [3.8, 4) is 0 Å². The van der Waals surface area contributed by atoms with E-state index in [2.05, 4.69) is 15.3 Å². The lowest BCUT2D eigenvalue weighted by molar-refractivity contribution is 0.0566. The van der Waals surface area contributed by atoms with E-state index in [-0.39, 0.29) is 12.0 Å². The first-order chi connectivity index (χ1) is 13.1. The number of nitrogens with one attached hydrogen (secondary N) is 1. The molecule has 0 unspecified atom stereocenters. The molecule has 0 aliphatic carbocycles. The molecule has 0 atom stereocenters. The highest BCUT2D eigenvalue weighted by molar-refractivity contribution is 6.30. The number of piperazine rings is 1. The summed E-state index contributed by atoms with van der Waals surface area (Å²) in [5.74, 6) is 0.114. The number of hydrogen-bond donors (Lipinski definition) is 1. The molecule has 27 heavy (non-hydrogen) atoms. The van der Waals surface area contributed by atoms with E-state index in [0.29, 0.717) is 49.5 Å². The normalized spacial score (nSPS) is 14.0. The first-order valence-corrected chi connectivity index (χ1v) is 9.01. The number of amides is 2. The number of benzene rings is 1. The Hall–Kier alpha value is -2.87. The molecular formula is C18H20ClN5O3. The van der Waals surface area contributed by atoms with Crippen LogP contribution in [0.3, 0.4) is 0 Å². The maximum atomic E-state index is 12.7. The number of hydrogen-bond acceptors (Lipinski definition) is 6. The molecule has 8 nitrogen and oxygen atoms in total. The molecule has 2 amide bonds. The molecule has 0 radical (unpaired) electrons. The van der Waals surface area contributed by atoms with Crippen LogP contribution in [0.15, 0.2) is 36.5 Å². The zero-order valence-corrected chi connectivity index (χ0v) is 15.6. The number of carbonyl (C=O) groups is 2. The van der Waals surface area contributed by atoms with Gasteiger partial charge in [-0.2, -0.15) is 0 Å². The van der Waals surface area contributed by atoms with Gasteiger partial charge in [-0.15, -0.1) is 0 Å².